The topological polar surface area (TPSA) is 74.2 Å². The zero-order chi connectivity index (χ0) is 8.43. The van der Waals surface area contributed by atoms with Crippen LogP contribution in [0, 0.1) is 0 Å². The number of hydrogen-bond donors (Lipinski definition) is 2. The average molecular weight is 218 g/mol. The zero-order valence-corrected chi connectivity index (χ0v) is 7.55. The summed E-state index contributed by atoms with van der Waals surface area (Å²) in [6.07, 6.45) is 1.46. The Morgan fingerprint density at radius 1 is 1.55 bits per heavy atom. The average Bonchev–Trinajstić information content (AvgIpc) is 2.01. The quantitative estimate of drug-likeness (QED) is 0.737. The minimum absolute atomic E-state index is 0.441. The van der Waals surface area contributed by atoms with Crippen LogP contribution in [0.2, 0.25) is 0 Å². The molecule has 1 heterocycles. The summed E-state index contributed by atoms with van der Waals surface area (Å²) in [4.78, 5) is 3.88. The van der Waals surface area contributed by atoms with Crippen molar-refractivity contribution in [3.8, 4) is 5.88 Å². The van der Waals surface area contributed by atoms with E-state index in [1.807, 2.05) is 0 Å². The van der Waals surface area contributed by atoms with Crippen molar-refractivity contribution < 1.29 is 4.74 Å². The number of hydrogen-bond acceptors (Lipinski definition) is 4. The number of pyridine rings is 1. The van der Waals surface area contributed by atoms with Gasteiger partial charge in [0, 0.05) is 0 Å². The molecule has 1 rings (SSSR count). The normalized spacial score (nSPS) is 9.64. The molecule has 0 radical (unpaired) electrons. The van der Waals surface area contributed by atoms with Gasteiger partial charge in [0.15, 0.2) is 0 Å². The molecule has 0 aliphatic rings. The van der Waals surface area contributed by atoms with Crippen LogP contribution < -0.4 is 16.2 Å². The Hall–Kier alpha value is -0.970. The summed E-state index contributed by atoms with van der Waals surface area (Å²) in [5.41, 5.74) is 11.9. The van der Waals surface area contributed by atoms with Gasteiger partial charge in [0.2, 0.25) is 5.88 Å². The van der Waals surface area contributed by atoms with E-state index in [1.54, 1.807) is 0 Å². The van der Waals surface area contributed by atoms with Gasteiger partial charge in [-0.2, -0.15) is 0 Å². The Balaban J connectivity index is 3.25. The summed E-state index contributed by atoms with van der Waals surface area (Å²) in [7, 11) is 1.52. The van der Waals surface area contributed by atoms with E-state index >= 15 is 0 Å². The summed E-state index contributed by atoms with van der Waals surface area (Å²) >= 11 is 3.20. The highest BCUT2D eigenvalue weighted by Gasteiger charge is 2.07. The van der Waals surface area contributed by atoms with Crippen LogP contribution in [0.1, 0.15) is 0 Å². The highest BCUT2D eigenvalue weighted by molar-refractivity contribution is 9.10. The standard InChI is InChI=1S/C6H8BrN3O/c1-11-6-4(7)5(9)3(8)2-10-6/h2H,8H2,1H3,(H2,9,10). The largest absolute Gasteiger partial charge is 0.480 e. The Morgan fingerprint density at radius 2 is 2.18 bits per heavy atom. The first-order valence-electron chi connectivity index (χ1n) is 2.90. The van der Waals surface area contributed by atoms with Crippen molar-refractivity contribution in [3.05, 3.63) is 10.7 Å². The predicted octanol–water partition coefficient (Wildman–Crippen LogP) is 1.02. The Morgan fingerprint density at radius 3 is 2.73 bits per heavy atom. The molecule has 60 valence electrons. The molecule has 0 aliphatic carbocycles. The number of methoxy groups -OCH3 is 1. The number of nitrogens with zero attached hydrogens (tertiary/aromatic N) is 1. The lowest BCUT2D eigenvalue weighted by Crippen LogP contribution is -1.99. The molecule has 1 aromatic rings. The van der Waals surface area contributed by atoms with E-state index < -0.39 is 0 Å². The highest BCUT2D eigenvalue weighted by atomic mass is 79.9. The molecule has 1 aromatic heterocycles. The molecule has 0 spiro atoms. The molecule has 0 aliphatic heterocycles. The molecule has 0 aromatic carbocycles. The van der Waals surface area contributed by atoms with Crippen LogP contribution >= 0.6 is 15.9 Å². The minimum atomic E-state index is 0.441. The van der Waals surface area contributed by atoms with E-state index in [0.717, 1.165) is 0 Å². The lowest BCUT2D eigenvalue weighted by molar-refractivity contribution is 0.395. The van der Waals surface area contributed by atoms with Crippen LogP contribution in [0.25, 0.3) is 0 Å². The lowest BCUT2D eigenvalue weighted by Gasteiger charge is -2.05. The fraction of sp³-hybridized carbons (Fsp3) is 0.167. The Kier molecular flexibility index (Phi) is 2.19. The van der Waals surface area contributed by atoms with Crippen molar-refractivity contribution in [2.75, 3.05) is 18.6 Å². The zero-order valence-electron chi connectivity index (χ0n) is 5.97. The van der Waals surface area contributed by atoms with E-state index in [0.29, 0.717) is 21.7 Å². The third-order valence-electron chi connectivity index (χ3n) is 1.25. The number of rotatable bonds is 1. The number of aromatic nitrogens is 1. The van der Waals surface area contributed by atoms with E-state index in [9.17, 15) is 0 Å². The first-order valence-corrected chi connectivity index (χ1v) is 3.69. The van der Waals surface area contributed by atoms with Gasteiger partial charge in [-0.05, 0) is 15.9 Å². The van der Waals surface area contributed by atoms with Crippen LogP contribution in [0.3, 0.4) is 0 Å². The molecule has 11 heavy (non-hydrogen) atoms. The molecular weight excluding hydrogens is 210 g/mol. The maximum absolute atomic E-state index is 5.57. The van der Waals surface area contributed by atoms with E-state index in [2.05, 4.69) is 20.9 Å². The van der Waals surface area contributed by atoms with Crippen LogP contribution in [-0.2, 0) is 0 Å². The molecular formula is C6H8BrN3O. The first-order chi connectivity index (χ1) is 5.16. The van der Waals surface area contributed by atoms with Gasteiger partial charge in [-0.1, -0.05) is 0 Å². The van der Waals surface area contributed by atoms with Crippen LogP contribution in [0.15, 0.2) is 10.7 Å². The van der Waals surface area contributed by atoms with Crippen LogP contribution in [0.4, 0.5) is 11.4 Å². The highest BCUT2D eigenvalue weighted by Crippen LogP contribution is 2.31. The predicted molar refractivity (Wildman–Crippen MR) is 47.3 cm³/mol. The van der Waals surface area contributed by atoms with Crippen molar-refractivity contribution in [2.45, 2.75) is 0 Å². The lowest BCUT2D eigenvalue weighted by atomic mass is 10.3. The minimum Gasteiger partial charge on any atom is -0.480 e. The van der Waals surface area contributed by atoms with Gasteiger partial charge in [-0.25, -0.2) is 4.98 Å². The maximum atomic E-state index is 5.57. The second-order valence-electron chi connectivity index (χ2n) is 1.95. The number of halogens is 1. The van der Waals surface area contributed by atoms with E-state index in [-0.39, 0.29) is 0 Å². The molecule has 0 fully saturated rings. The van der Waals surface area contributed by atoms with Crippen molar-refractivity contribution >= 4 is 27.3 Å². The molecule has 4 N–H and O–H groups in total. The van der Waals surface area contributed by atoms with E-state index in [4.69, 9.17) is 16.2 Å². The number of nitrogens with two attached hydrogens (primary N) is 2. The molecule has 0 saturated carbocycles. The Bertz CT molecular complexity index is 277. The van der Waals surface area contributed by atoms with Crippen molar-refractivity contribution in [3.63, 3.8) is 0 Å². The summed E-state index contributed by atoms with van der Waals surface area (Å²) in [6.45, 7) is 0. The molecule has 4 nitrogen and oxygen atoms in total. The number of nitrogen functional groups attached to an aromatic ring is 2. The second-order valence-corrected chi connectivity index (χ2v) is 2.74. The summed E-state index contributed by atoms with van der Waals surface area (Å²) in [5, 5.41) is 0. The van der Waals surface area contributed by atoms with Gasteiger partial charge in [-0.3, -0.25) is 0 Å². The Labute approximate surface area is 72.7 Å². The second kappa shape index (κ2) is 2.96. The third kappa shape index (κ3) is 1.37. The number of ether oxygens (including phenoxy) is 1. The van der Waals surface area contributed by atoms with Gasteiger partial charge in [0.05, 0.1) is 24.7 Å². The monoisotopic (exact) mass is 217 g/mol. The summed E-state index contributed by atoms with van der Waals surface area (Å²) < 4.78 is 5.48. The van der Waals surface area contributed by atoms with Gasteiger partial charge in [-0.15, -0.1) is 0 Å². The fourth-order valence-electron chi connectivity index (χ4n) is 0.639. The van der Waals surface area contributed by atoms with Crippen LogP contribution in [-0.4, -0.2) is 12.1 Å². The molecule has 0 unspecified atom stereocenters. The van der Waals surface area contributed by atoms with Crippen molar-refractivity contribution in [2.24, 2.45) is 0 Å². The summed E-state index contributed by atoms with van der Waals surface area (Å²) in [5.74, 6) is 0.441. The van der Waals surface area contributed by atoms with Gasteiger partial charge in [0.1, 0.15) is 4.47 Å². The molecule has 5 heteroatoms. The molecule has 0 atom stereocenters. The van der Waals surface area contributed by atoms with Gasteiger partial charge < -0.3 is 16.2 Å². The van der Waals surface area contributed by atoms with Gasteiger partial charge in [0.25, 0.3) is 0 Å². The fourth-order valence-corrected chi connectivity index (χ4v) is 1.13. The SMILES string of the molecule is COc1ncc(N)c(N)c1Br. The molecule has 0 saturated heterocycles. The first kappa shape index (κ1) is 8.13. The van der Waals surface area contributed by atoms with E-state index in [1.165, 1.54) is 13.3 Å². The smallest absolute Gasteiger partial charge is 0.229 e. The van der Waals surface area contributed by atoms with Gasteiger partial charge >= 0.3 is 0 Å². The maximum Gasteiger partial charge on any atom is 0.229 e. The van der Waals surface area contributed by atoms with Crippen molar-refractivity contribution in [1.29, 1.82) is 0 Å². The third-order valence-corrected chi connectivity index (χ3v) is 2.02. The molecule has 0 bridgehead atoms. The summed E-state index contributed by atoms with van der Waals surface area (Å²) in [6, 6.07) is 0. The van der Waals surface area contributed by atoms with Crippen molar-refractivity contribution in [1.82, 2.24) is 4.98 Å². The molecule has 0 amide bonds. The van der Waals surface area contributed by atoms with Crippen LogP contribution in [0.5, 0.6) is 5.88 Å². The number of anilines is 2.